The molecular formula is C76H52N8. The van der Waals surface area contributed by atoms with Crippen LogP contribution >= 0.6 is 0 Å². The van der Waals surface area contributed by atoms with Gasteiger partial charge < -0.3 is 13.7 Å². The van der Waals surface area contributed by atoms with Crippen LogP contribution in [-0.2, 0) is 0 Å². The quantitative estimate of drug-likeness (QED) is 0.122. The molecule has 0 aliphatic heterocycles. The maximum atomic E-state index is 5.83. The first-order valence-corrected chi connectivity index (χ1v) is 28.4. The van der Waals surface area contributed by atoms with Gasteiger partial charge in [0, 0.05) is 89.6 Å². The summed E-state index contributed by atoms with van der Waals surface area (Å²) >= 11 is 0. The molecule has 0 aliphatic rings. The molecule has 0 spiro atoms. The van der Waals surface area contributed by atoms with Gasteiger partial charge in [0.25, 0.3) is 0 Å². The Kier molecular flexibility index (Phi) is 11.7. The Hall–Kier alpha value is -11.5. The molecule has 0 amide bonds. The molecule has 0 saturated carbocycles. The third-order valence-electron chi connectivity index (χ3n) is 16.2. The molecule has 396 valence electrons. The fourth-order valence-electron chi connectivity index (χ4n) is 12.5. The predicted molar refractivity (Wildman–Crippen MR) is 349 cm³/mol. The Morgan fingerprint density at radius 1 is 0.202 bits per heavy atom. The highest BCUT2D eigenvalue weighted by molar-refractivity contribution is 6.13. The number of nitrogens with zero attached hydrogens (tertiary/aromatic N) is 8. The molecular weight excluding hydrogens is 1020 g/mol. The summed E-state index contributed by atoms with van der Waals surface area (Å²) in [6.07, 6.45) is 0. The third kappa shape index (κ3) is 8.15. The minimum atomic E-state index is 0.489. The molecule has 4 aromatic heterocycles. The monoisotopic (exact) mass is 1080 g/mol. The van der Waals surface area contributed by atoms with Gasteiger partial charge in [-0.1, -0.05) is 170 Å². The maximum Gasteiger partial charge on any atom is 0.238 e. The normalized spacial score (nSPS) is 11.6. The lowest BCUT2D eigenvalue weighted by Crippen LogP contribution is -2.20. The van der Waals surface area contributed by atoms with Crippen LogP contribution in [0, 0.1) is 0 Å². The highest BCUT2D eigenvalue weighted by Crippen LogP contribution is 2.46. The third-order valence-corrected chi connectivity index (χ3v) is 16.2. The number of hydrogen-bond donors (Lipinski definition) is 0. The molecule has 0 fully saturated rings. The summed E-state index contributed by atoms with van der Waals surface area (Å²) in [5, 5.41) is 6.90. The maximum absolute atomic E-state index is 5.83. The van der Waals surface area contributed by atoms with E-state index in [0.29, 0.717) is 17.6 Å². The summed E-state index contributed by atoms with van der Waals surface area (Å²) in [6, 6.07) is 112. The van der Waals surface area contributed by atoms with Crippen LogP contribution in [0.15, 0.2) is 315 Å². The Balaban J connectivity index is 0.977. The van der Waals surface area contributed by atoms with Crippen LogP contribution < -0.4 is 14.7 Å². The molecule has 16 aromatic rings. The first kappa shape index (κ1) is 48.4. The first-order chi connectivity index (χ1) is 41.7. The number of fused-ring (bicyclic) bond motifs is 9. The molecule has 8 nitrogen and oxygen atoms in total. The van der Waals surface area contributed by atoms with Gasteiger partial charge in [-0.2, -0.15) is 9.97 Å². The molecule has 0 aliphatic carbocycles. The van der Waals surface area contributed by atoms with Gasteiger partial charge in [0.15, 0.2) is 0 Å². The Labute approximate surface area is 485 Å². The Morgan fingerprint density at radius 2 is 0.500 bits per heavy atom. The lowest BCUT2D eigenvalue weighted by molar-refractivity contribution is 1.04. The molecule has 0 atom stereocenters. The second-order valence-electron chi connectivity index (χ2n) is 21.1. The Morgan fingerprint density at radius 3 is 0.929 bits per heavy atom. The number of rotatable bonds is 12. The van der Waals surface area contributed by atoms with Gasteiger partial charge in [0.2, 0.25) is 5.95 Å². The van der Waals surface area contributed by atoms with Crippen molar-refractivity contribution < 1.29 is 0 Å². The second-order valence-corrected chi connectivity index (χ2v) is 21.1. The zero-order chi connectivity index (χ0) is 55.5. The van der Waals surface area contributed by atoms with Gasteiger partial charge in [0.05, 0.1) is 33.1 Å². The highest BCUT2D eigenvalue weighted by Gasteiger charge is 2.27. The van der Waals surface area contributed by atoms with Crippen molar-refractivity contribution in [3.8, 4) is 17.1 Å². The van der Waals surface area contributed by atoms with E-state index in [1.807, 2.05) is 0 Å². The van der Waals surface area contributed by atoms with Crippen LogP contribution in [0.2, 0.25) is 0 Å². The van der Waals surface area contributed by atoms with Gasteiger partial charge in [-0.15, -0.1) is 0 Å². The average Bonchev–Trinajstić information content (AvgIpc) is 2.64. The van der Waals surface area contributed by atoms with Gasteiger partial charge in [0.1, 0.15) is 11.6 Å². The van der Waals surface area contributed by atoms with Crippen LogP contribution in [0.3, 0.4) is 0 Å². The van der Waals surface area contributed by atoms with Crippen LogP contribution in [-0.4, -0.2) is 23.7 Å². The summed E-state index contributed by atoms with van der Waals surface area (Å²) < 4.78 is 7.09. The minimum absolute atomic E-state index is 0.489. The lowest BCUT2D eigenvalue weighted by atomic mass is 10.1. The van der Waals surface area contributed by atoms with E-state index in [9.17, 15) is 0 Å². The van der Waals surface area contributed by atoms with E-state index in [2.05, 4.69) is 344 Å². The first-order valence-electron chi connectivity index (χ1n) is 28.4. The van der Waals surface area contributed by atoms with E-state index in [1.165, 1.54) is 5.39 Å². The fraction of sp³-hybridized carbons (Fsp3) is 0. The fourth-order valence-corrected chi connectivity index (χ4v) is 12.5. The molecule has 0 bridgehead atoms. The molecule has 0 unspecified atom stereocenters. The van der Waals surface area contributed by atoms with Gasteiger partial charge >= 0.3 is 0 Å². The zero-order valence-corrected chi connectivity index (χ0v) is 45.6. The molecule has 0 radical (unpaired) electrons. The summed E-state index contributed by atoms with van der Waals surface area (Å²) in [6.45, 7) is 0. The molecule has 4 heterocycles. The van der Waals surface area contributed by atoms with E-state index in [4.69, 9.17) is 9.97 Å². The Bertz CT molecular complexity index is 4860. The highest BCUT2D eigenvalue weighted by atomic mass is 15.3. The number of hydrogen-bond acceptors (Lipinski definition) is 5. The zero-order valence-electron chi connectivity index (χ0n) is 45.6. The van der Waals surface area contributed by atoms with E-state index < -0.39 is 0 Å². The van der Waals surface area contributed by atoms with Gasteiger partial charge in [-0.3, -0.25) is 14.7 Å². The minimum Gasteiger partial charge on any atom is -0.309 e. The molecule has 8 heteroatoms. The number of aromatic nitrogens is 5. The molecule has 84 heavy (non-hydrogen) atoms. The second kappa shape index (κ2) is 20.3. The van der Waals surface area contributed by atoms with Crippen molar-refractivity contribution in [1.82, 2.24) is 23.7 Å². The number of benzene rings is 12. The van der Waals surface area contributed by atoms with Crippen LogP contribution in [0.4, 0.5) is 51.7 Å². The van der Waals surface area contributed by atoms with E-state index >= 15 is 0 Å². The van der Waals surface area contributed by atoms with Crippen molar-refractivity contribution in [3.63, 3.8) is 0 Å². The summed E-state index contributed by atoms with van der Waals surface area (Å²) in [7, 11) is 0. The topological polar surface area (TPSA) is 50.3 Å². The van der Waals surface area contributed by atoms with Gasteiger partial charge in [-0.25, -0.2) is 0 Å². The van der Waals surface area contributed by atoms with Crippen LogP contribution in [0.25, 0.3) is 82.5 Å². The summed E-state index contributed by atoms with van der Waals surface area (Å²) in [5.41, 5.74) is 15.6. The largest absolute Gasteiger partial charge is 0.309 e. The van der Waals surface area contributed by atoms with Crippen LogP contribution in [0.1, 0.15) is 0 Å². The molecule has 16 rings (SSSR count). The van der Waals surface area contributed by atoms with Crippen molar-refractivity contribution in [2.24, 2.45) is 0 Å². The van der Waals surface area contributed by atoms with E-state index in [1.54, 1.807) is 0 Å². The van der Waals surface area contributed by atoms with Crippen LogP contribution in [0.5, 0.6) is 0 Å². The smallest absolute Gasteiger partial charge is 0.238 e. The van der Waals surface area contributed by atoms with Gasteiger partial charge in [-0.05, 0) is 140 Å². The van der Waals surface area contributed by atoms with Crippen molar-refractivity contribution in [1.29, 1.82) is 0 Å². The summed E-state index contributed by atoms with van der Waals surface area (Å²) in [4.78, 5) is 18.4. The SMILES string of the molecule is c1ccc(N(c2ccc3c(c2)c2ccccc2n3-c2ccccc2)c2cc(N(c3ccccc3)c3ccc4c5ccccc5n(-c5ccccc5)c4c3)nc(N(c3ccccc3)c3ccc4c(c3)c3ccccc3n4-c3ccccc3)n2)cc1. The number of para-hydroxylation sites is 9. The standard InChI is InChI=1S/C76H52N8/c1-7-25-53(26-8-1)79(59-44-47-71-66(49-59)63-38-20-23-41-69(63)82(71)56-31-13-4-14-32-56)74-52-75(80(54-27-9-2-10-28-54)61-43-46-65-62-37-19-22-40-68(62)84(73(65)51-61)58-35-17-6-18-36-58)78-76(77-74)81(55-29-11-3-12-30-55)60-45-48-72-67(50-60)64-39-21-24-42-70(64)83(72)57-33-15-5-16-34-57/h1-52H. The van der Waals surface area contributed by atoms with E-state index in [-0.39, 0.29) is 0 Å². The van der Waals surface area contributed by atoms with Crippen molar-refractivity contribution in [2.45, 2.75) is 0 Å². The van der Waals surface area contributed by atoms with E-state index in [0.717, 1.165) is 111 Å². The van der Waals surface area contributed by atoms with Crippen molar-refractivity contribution >= 4 is 117 Å². The molecule has 0 N–H and O–H groups in total. The predicted octanol–water partition coefficient (Wildman–Crippen LogP) is 20.2. The number of anilines is 9. The van der Waals surface area contributed by atoms with Crippen molar-refractivity contribution in [3.05, 3.63) is 315 Å². The summed E-state index contributed by atoms with van der Waals surface area (Å²) in [5.74, 6) is 1.84. The lowest BCUT2D eigenvalue weighted by Gasteiger charge is -2.31. The van der Waals surface area contributed by atoms with Crippen molar-refractivity contribution in [2.75, 3.05) is 14.7 Å². The molecule has 12 aromatic carbocycles. The average molecular weight is 1080 g/mol. The molecule has 0 saturated heterocycles.